The molecule has 5 heteroatoms. The van der Waals surface area contributed by atoms with Gasteiger partial charge in [-0.15, -0.1) is 0 Å². The third-order valence-corrected chi connectivity index (χ3v) is 3.69. The third-order valence-electron chi connectivity index (χ3n) is 3.69. The zero-order chi connectivity index (χ0) is 15.1. The molecular formula is C17H12O5. The molecule has 110 valence electrons. The lowest BCUT2D eigenvalue weighted by Gasteiger charge is -2.07. The Balaban J connectivity index is 1.80. The molecule has 3 aromatic rings. The number of hydrogen-bond acceptors (Lipinski definition) is 5. The Morgan fingerprint density at radius 2 is 1.86 bits per heavy atom. The van der Waals surface area contributed by atoms with Crippen LogP contribution in [0.4, 0.5) is 0 Å². The zero-order valence-corrected chi connectivity index (χ0v) is 11.5. The third kappa shape index (κ3) is 1.98. The summed E-state index contributed by atoms with van der Waals surface area (Å²) in [6.07, 6.45) is 0.260. The molecule has 0 saturated heterocycles. The van der Waals surface area contributed by atoms with Crippen LogP contribution in [0, 0.1) is 0 Å². The second kappa shape index (κ2) is 4.80. The van der Waals surface area contributed by atoms with Crippen molar-refractivity contribution in [3.8, 4) is 17.2 Å². The minimum Gasteiger partial charge on any atom is -0.507 e. The summed E-state index contributed by atoms with van der Waals surface area (Å²) in [6.45, 7) is 0.197. The van der Waals surface area contributed by atoms with Gasteiger partial charge >= 0.3 is 5.63 Å². The van der Waals surface area contributed by atoms with Crippen molar-refractivity contribution in [2.45, 2.75) is 6.42 Å². The standard InChI is InChI=1S/C17H12O5/c18-16-11-3-1-2-4-13(11)22-17(19)12(16)7-10-5-6-14-15(8-10)21-9-20-14/h1-6,8,18H,7,9H2. The molecule has 0 atom stereocenters. The highest BCUT2D eigenvalue weighted by molar-refractivity contribution is 5.84. The molecule has 1 aliphatic heterocycles. The summed E-state index contributed by atoms with van der Waals surface area (Å²) in [5.41, 5.74) is 0.910. The van der Waals surface area contributed by atoms with Crippen LogP contribution >= 0.6 is 0 Å². The first-order chi connectivity index (χ1) is 10.7. The maximum Gasteiger partial charge on any atom is 0.343 e. The van der Waals surface area contributed by atoms with E-state index in [2.05, 4.69) is 0 Å². The fraction of sp³-hybridized carbons (Fsp3) is 0.118. The summed E-state index contributed by atoms with van der Waals surface area (Å²) >= 11 is 0. The summed E-state index contributed by atoms with van der Waals surface area (Å²) in [4.78, 5) is 12.1. The highest BCUT2D eigenvalue weighted by atomic mass is 16.7. The van der Waals surface area contributed by atoms with E-state index in [1.165, 1.54) is 0 Å². The van der Waals surface area contributed by atoms with Crippen molar-refractivity contribution in [3.63, 3.8) is 0 Å². The molecule has 0 unspecified atom stereocenters. The molecule has 0 aliphatic carbocycles. The molecule has 2 aromatic carbocycles. The smallest absolute Gasteiger partial charge is 0.343 e. The molecule has 22 heavy (non-hydrogen) atoms. The number of hydrogen-bond donors (Lipinski definition) is 1. The van der Waals surface area contributed by atoms with Gasteiger partial charge in [-0.05, 0) is 29.8 Å². The van der Waals surface area contributed by atoms with Crippen LogP contribution in [0.1, 0.15) is 11.1 Å². The van der Waals surface area contributed by atoms with Crippen molar-refractivity contribution >= 4 is 11.0 Å². The van der Waals surface area contributed by atoms with Crippen LogP contribution < -0.4 is 15.1 Å². The van der Waals surface area contributed by atoms with Gasteiger partial charge in [0.15, 0.2) is 11.5 Å². The average Bonchev–Trinajstić information content (AvgIpc) is 2.99. The van der Waals surface area contributed by atoms with E-state index in [1.807, 2.05) is 6.07 Å². The van der Waals surface area contributed by atoms with E-state index >= 15 is 0 Å². The molecule has 0 amide bonds. The van der Waals surface area contributed by atoms with Gasteiger partial charge in [-0.3, -0.25) is 0 Å². The van der Waals surface area contributed by atoms with Crippen molar-refractivity contribution in [1.82, 2.24) is 0 Å². The molecule has 1 N–H and O–H groups in total. The molecule has 1 aromatic heterocycles. The van der Waals surface area contributed by atoms with Crippen LogP contribution in [0.2, 0.25) is 0 Å². The van der Waals surface area contributed by atoms with Crippen molar-refractivity contribution in [1.29, 1.82) is 0 Å². The topological polar surface area (TPSA) is 68.9 Å². The Bertz CT molecular complexity index is 926. The van der Waals surface area contributed by atoms with Crippen LogP contribution in [0.5, 0.6) is 17.2 Å². The maximum absolute atomic E-state index is 12.1. The van der Waals surface area contributed by atoms with E-state index in [9.17, 15) is 9.90 Å². The lowest BCUT2D eigenvalue weighted by Crippen LogP contribution is -2.08. The van der Waals surface area contributed by atoms with E-state index in [0.29, 0.717) is 22.5 Å². The van der Waals surface area contributed by atoms with Crippen LogP contribution in [-0.4, -0.2) is 11.9 Å². The van der Waals surface area contributed by atoms with Gasteiger partial charge in [-0.25, -0.2) is 4.79 Å². The fourth-order valence-corrected chi connectivity index (χ4v) is 2.58. The predicted octanol–water partition coefficient (Wildman–Crippen LogP) is 2.82. The van der Waals surface area contributed by atoms with E-state index in [4.69, 9.17) is 13.9 Å². The first-order valence-electron chi connectivity index (χ1n) is 6.84. The summed E-state index contributed by atoms with van der Waals surface area (Å²) in [5, 5.41) is 10.9. The predicted molar refractivity (Wildman–Crippen MR) is 79.5 cm³/mol. The second-order valence-corrected chi connectivity index (χ2v) is 5.08. The van der Waals surface area contributed by atoms with Crippen molar-refractivity contribution in [2.75, 3.05) is 6.79 Å². The lowest BCUT2D eigenvalue weighted by molar-refractivity contribution is 0.174. The van der Waals surface area contributed by atoms with Gasteiger partial charge in [-0.2, -0.15) is 0 Å². The Labute approximate surface area is 125 Å². The average molecular weight is 296 g/mol. The number of rotatable bonds is 2. The number of aromatic hydroxyl groups is 1. The largest absolute Gasteiger partial charge is 0.507 e. The Morgan fingerprint density at radius 1 is 1.05 bits per heavy atom. The summed E-state index contributed by atoms with van der Waals surface area (Å²) in [7, 11) is 0. The first-order valence-corrected chi connectivity index (χ1v) is 6.84. The normalized spacial score (nSPS) is 12.7. The quantitative estimate of drug-likeness (QED) is 0.736. The minimum atomic E-state index is -0.533. The number of fused-ring (bicyclic) bond motifs is 2. The first kappa shape index (κ1) is 12.8. The number of ether oxygens (including phenoxy) is 2. The van der Waals surface area contributed by atoms with E-state index in [1.54, 1.807) is 36.4 Å². The summed E-state index contributed by atoms with van der Waals surface area (Å²) in [5.74, 6) is 1.28. The van der Waals surface area contributed by atoms with Gasteiger partial charge in [0.25, 0.3) is 0 Å². The number of benzene rings is 2. The highest BCUT2D eigenvalue weighted by Crippen LogP contribution is 2.34. The maximum atomic E-state index is 12.1. The van der Waals surface area contributed by atoms with Crippen LogP contribution in [0.3, 0.4) is 0 Å². The SMILES string of the molecule is O=c1oc2ccccc2c(O)c1Cc1ccc2c(c1)OCO2. The van der Waals surface area contributed by atoms with E-state index in [0.717, 1.165) is 5.56 Å². The highest BCUT2D eigenvalue weighted by Gasteiger charge is 2.17. The van der Waals surface area contributed by atoms with Gasteiger partial charge in [0.05, 0.1) is 10.9 Å². The molecular weight excluding hydrogens is 284 g/mol. The van der Waals surface area contributed by atoms with E-state index in [-0.39, 0.29) is 24.5 Å². The molecule has 0 bridgehead atoms. The van der Waals surface area contributed by atoms with Gasteiger partial charge in [0.1, 0.15) is 11.3 Å². The van der Waals surface area contributed by atoms with E-state index < -0.39 is 5.63 Å². The number of para-hydroxylation sites is 1. The van der Waals surface area contributed by atoms with Crippen molar-refractivity contribution < 1.29 is 19.0 Å². The second-order valence-electron chi connectivity index (χ2n) is 5.08. The lowest BCUT2D eigenvalue weighted by atomic mass is 10.0. The molecule has 0 radical (unpaired) electrons. The molecule has 0 fully saturated rings. The van der Waals surface area contributed by atoms with Gasteiger partial charge in [-0.1, -0.05) is 18.2 Å². The van der Waals surface area contributed by atoms with Crippen LogP contribution in [0.15, 0.2) is 51.7 Å². The monoisotopic (exact) mass is 296 g/mol. The summed E-state index contributed by atoms with van der Waals surface area (Å²) < 4.78 is 15.8. The minimum absolute atomic E-state index is 0.0375. The van der Waals surface area contributed by atoms with Crippen molar-refractivity contribution in [2.24, 2.45) is 0 Å². The van der Waals surface area contributed by atoms with Crippen LogP contribution in [0.25, 0.3) is 11.0 Å². The molecule has 2 heterocycles. The van der Waals surface area contributed by atoms with Gasteiger partial charge in [0.2, 0.25) is 6.79 Å². The zero-order valence-electron chi connectivity index (χ0n) is 11.5. The van der Waals surface area contributed by atoms with Gasteiger partial charge < -0.3 is 19.0 Å². The Morgan fingerprint density at radius 3 is 2.77 bits per heavy atom. The molecule has 1 aliphatic rings. The molecule has 0 saturated carbocycles. The van der Waals surface area contributed by atoms with Crippen molar-refractivity contribution in [3.05, 3.63) is 64.0 Å². The Hall–Kier alpha value is -2.95. The van der Waals surface area contributed by atoms with Crippen LogP contribution in [-0.2, 0) is 6.42 Å². The summed E-state index contributed by atoms with van der Waals surface area (Å²) in [6, 6.07) is 12.3. The van der Waals surface area contributed by atoms with Gasteiger partial charge in [0, 0.05) is 6.42 Å². The molecule has 5 nitrogen and oxygen atoms in total. The fourth-order valence-electron chi connectivity index (χ4n) is 2.58. The Kier molecular flexibility index (Phi) is 2.79. The molecule has 4 rings (SSSR count). The molecule has 0 spiro atoms.